The van der Waals surface area contributed by atoms with Gasteiger partial charge in [0.25, 0.3) is 0 Å². The molecule has 2 nitrogen and oxygen atoms in total. The van der Waals surface area contributed by atoms with Gasteiger partial charge in [0, 0.05) is 28.9 Å². The van der Waals surface area contributed by atoms with Crippen LogP contribution in [0.15, 0.2) is 132 Å². The quantitative estimate of drug-likeness (QED) is 0.122. The second-order valence-corrected chi connectivity index (χ2v) is 14.4. The fourth-order valence-corrected chi connectivity index (χ4v) is 7.74. The third-order valence-corrected chi connectivity index (χ3v) is 10.8. The van der Waals surface area contributed by atoms with Crippen LogP contribution in [0, 0.1) is 19.8 Å². The zero-order chi connectivity index (χ0) is 34.0. The topological polar surface area (TPSA) is 15.6 Å². The molecule has 246 valence electrons. The number of benzene rings is 5. The van der Waals surface area contributed by atoms with Crippen LogP contribution in [-0.2, 0) is 12.0 Å². The van der Waals surface area contributed by atoms with Crippen LogP contribution in [0.25, 0.3) is 23.3 Å². The highest BCUT2D eigenvalue weighted by Crippen LogP contribution is 2.36. The number of anilines is 1. The van der Waals surface area contributed by atoms with E-state index in [0.717, 1.165) is 24.4 Å². The summed E-state index contributed by atoms with van der Waals surface area (Å²) in [7, 11) is 0. The summed E-state index contributed by atoms with van der Waals surface area (Å²) >= 11 is 0. The second-order valence-electron chi connectivity index (χ2n) is 14.4. The summed E-state index contributed by atoms with van der Waals surface area (Å²) in [6.45, 7) is 12.2. The molecule has 3 unspecified atom stereocenters. The molecule has 0 aromatic heterocycles. The van der Waals surface area contributed by atoms with Gasteiger partial charge in [-0.15, -0.1) is 0 Å². The maximum absolute atomic E-state index is 5.27. The number of hydrogen-bond donors (Lipinski definition) is 0. The molecule has 7 rings (SSSR count). The van der Waals surface area contributed by atoms with Crippen molar-refractivity contribution in [2.24, 2.45) is 10.9 Å². The van der Waals surface area contributed by atoms with Crippen LogP contribution in [0.4, 0.5) is 11.4 Å². The van der Waals surface area contributed by atoms with Crippen LogP contribution in [0.2, 0.25) is 0 Å². The van der Waals surface area contributed by atoms with Crippen LogP contribution in [0.5, 0.6) is 0 Å². The first-order chi connectivity index (χ1) is 23.8. The Balaban J connectivity index is 1.18. The van der Waals surface area contributed by atoms with Gasteiger partial charge in [0.2, 0.25) is 0 Å². The minimum atomic E-state index is -0.113. The summed E-state index contributed by atoms with van der Waals surface area (Å²) in [4.78, 5) is 7.86. The van der Waals surface area contributed by atoms with Gasteiger partial charge in [0.15, 0.2) is 0 Å². The Morgan fingerprint density at radius 3 is 2.35 bits per heavy atom. The van der Waals surface area contributed by atoms with Gasteiger partial charge in [0.05, 0.1) is 11.7 Å². The number of nitrogens with zero attached hydrogens (tertiary/aromatic N) is 2. The van der Waals surface area contributed by atoms with E-state index in [2.05, 4.69) is 179 Å². The lowest BCUT2D eigenvalue weighted by Crippen LogP contribution is -2.40. The maximum Gasteiger partial charge on any atom is 0.0665 e. The molecule has 2 aliphatic carbocycles. The molecule has 5 aromatic carbocycles. The van der Waals surface area contributed by atoms with Crippen molar-refractivity contribution in [3.05, 3.63) is 166 Å². The highest BCUT2D eigenvalue weighted by molar-refractivity contribution is 6.06. The molecule has 0 saturated carbocycles. The lowest BCUT2D eigenvalue weighted by Gasteiger charge is -2.37. The highest BCUT2D eigenvalue weighted by Gasteiger charge is 2.27. The van der Waals surface area contributed by atoms with Crippen molar-refractivity contribution in [3.63, 3.8) is 0 Å². The van der Waals surface area contributed by atoms with E-state index in [1.807, 2.05) is 0 Å². The monoisotopic (exact) mass is 640 g/mol. The van der Waals surface area contributed by atoms with Crippen molar-refractivity contribution in [1.29, 1.82) is 0 Å². The second kappa shape index (κ2) is 13.9. The Kier molecular flexibility index (Phi) is 9.23. The zero-order valence-electron chi connectivity index (χ0n) is 29.7. The van der Waals surface area contributed by atoms with Crippen LogP contribution < -0.4 is 15.3 Å². The minimum Gasteiger partial charge on any atom is -0.360 e. The zero-order valence-corrected chi connectivity index (χ0v) is 29.7. The van der Waals surface area contributed by atoms with Gasteiger partial charge in [0.1, 0.15) is 0 Å². The Morgan fingerprint density at radius 1 is 0.796 bits per heavy atom. The van der Waals surface area contributed by atoms with Crippen LogP contribution in [0.1, 0.15) is 67.9 Å². The Labute approximate surface area is 292 Å². The van der Waals surface area contributed by atoms with Crippen LogP contribution in [0.3, 0.4) is 0 Å². The Morgan fingerprint density at radius 2 is 1.55 bits per heavy atom. The molecule has 49 heavy (non-hydrogen) atoms. The molecule has 2 heteroatoms. The van der Waals surface area contributed by atoms with Crippen LogP contribution >= 0.6 is 0 Å². The van der Waals surface area contributed by atoms with Gasteiger partial charge in [-0.1, -0.05) is 129 Å². The van der Waals surface area contributed by atoms with Crippen molar-refractivity contribution in [3.8, 4) is 11.1 Å². The third-order valence-electron chi connectivity index (χ3n) is 10.8. The number of hydrogen-bond acceptors (Lipinski definition) is 2. The standard InChI is InChI=1S/C47H48N2/c1-33-15-9-11-19-42(33)44-21-13-12-20-43(44)36(4)48-45-30-40(26-23-34(45)2)47(5)28-27-38-29-37(24-25-39(38)31-47)32-49(41-17-7-6-8-18-41)46-22-14-10-16-35(46)3/h6-9,11-15,17-27,29-31,35,46H,10,16,28,32H2,1-5H3/b48-36+. The summed E-state index contributed by atoms with van der Waals surface area (Å²) in [5, 5.41) is 2.65. The van der Waals surface area contributed by atoms with Gasteiger partial charge in [-0.05, 0) is 114 Å². The molecule has 3 atom stereocenters. The number of rotatable bonds is 8. The van der Waals surface area contributed by atoms with Crippen molar-refractivity contribution < 1.29 is 0 Å². The normalized spacial score (nSPS) is 20.2. The van der Waals surface area contributed by atoms with Crippen molar-refractivity contribution >= 4 is 29.2 Å². The first-order valence-corrected chi connectivity index (χ1v) is 17.9. The van der Waals surface area contributed by atoms with Gasteiger partial charge >= 0.3 is 0 Å². The molecule has 0 N–H and O–H groups in total. The third kappa shape index (κ3) is 6.83. The number of allylic oxidation sites excluding steroid dienone is 1. The van der Waals surface area contributed by atoms with E-state index < -0.39 is 0 Å². The first-order valence-electron chi connectivity index (χ1n) is 17.9. The van der Waals surface area contributed by atoms with E-state index in [1.54, 1.807) is 0 Å². The SMILES string of the molecule is C/C(=N\c1cc(C2(C)C=c3ccc(CN(c4ccccc4)C4C=CCCC4C)cc3=CC2)ccc1C)c1ccccc1-c1ccccc1C. The average Bonchev–Trinajstić information content (AvgIpc) is 3.12. The van der Waals surface area contributed by atoms with E-state index in [0.29, 0.717) is 12.0 Å². The molecule has 0 radical (unpaired) electrons. The summed E-state index contributed by atoms with van der Waals surface area (Å²) in [5.41, 5.74) is 12.0. The fraction of sp³-hybridized carbons (Fsp3) is 0.255. The van der Waals surface area contributed by atoms with E-state index >= 15 is 0 Å². The Hall–Kier alpha value is -4.95. The number of aliphatic imine (C=N–C) groups is 1. The van der Waals surface area contributed by atoms with Gasteiger partial charge < -0.3 is 4.90 Å². The summed E-state index contributed by atoms with van der Waals surface area (Å²) < 4.78 is 0. The van der Waals surface area contributed by atoms with E-state index in [4.69, 9.17) is 4.99 Å². The van der Waals surface area contributed by atoms with Crippen molar-refractivity contribution in [1.82, 2.24) is 0 Å². The van der Waals surface area contributed by atoms with Gasteiger partial charge in [-0.25, -0.2) is 0 Å². The van der Waals surface area contributed by atoms with Crippen molar-refractivity contribution in [2.45, 2.75) is 71.9 Å². The average molecular weight is 641 g/mol. The minimum absolute atomic E-state index is 0.113. The fourth-order valence-electron chi connectivity index (χ4n) is 7.74. The molecule has 0 spiro atoms. The first kappa shape index (κ1) is 32.6. The van der Waals surface area contributed by atoms with E-state index in [1.165, 1.54) is 67.9 Å². The molecular weight excluding hydrogens is 593 g/mol. The predicted octanol–water partition coefficient (Wildman–Crippen LogP) is 10.4. The molecular formula is C47H48N2. The lowest BCUT2D eigenvalue weighted by atomic mass is 9.76. The molecule has 0 aliphatic heterocycles. The van der Waals surface area contributed by atoms with E-state index in [9.17, 15) is 0 Å². The number of fused-ring (bicyclic) bond motifs is 1. The number of para-hydroxylation sites is 1. The predicted molar refractivity (Wildman–Crippen MR) is 210 cm³/mol. The van der Waals surface area contributed by atoms with Crippen LogP contribution in [-0.4, -0.2) is 11.8 Å². The maximum atomic E-state index is 5.27. The molecule has 0 amide bonds. The van der Waals surface area contributed by atoms with Gasteiger partial charge in [-0.2, -0.15) is 0 Å². The molecule has 0 heterocycles. The molecule has 0 fully saturated rings. The molecule has 5 aromatic rings. The Bertz CT molecular complexity index is 2150. The summed E-state index contributed by atoms with van der Waals surface area (Å²) in [5.74, 6) is 0.624. The summed E-state index contributed by atoms with van der Waals surface area (Å²) in [6, 6.07) is 42.5. The number of aryl methyl sites for hydroxylation is 2. The molecule has 0 saturated heterocycles. The molecule has 0 bridgehead atoms. The largest absolute Gasteiger partial charge is 0.360 e. The highest BCUT2D eigenvalue weighted by atomic mass is 15.2. The van der Waals surface area contributed by atoms with Crippen molar-refractivity contribution in [2.75, 3.05) is 4.90 Å². The van der Waals surface area contributed by atoms with E-state index in [-0.39, 0.29) is 5.41 Å². The lowest BCUT2D eigenvalue weighted by molar-refractivity contribution is 0.437. The smallest absolute Gasteiger partial charge is 0.0665 e. The van der Waals surface area contributed by atoms with Gasteiger partial charge in [-0.3, -0.25) is 4.99 Å². The molecule has 2 aliphatic rings. The summed E-state index contributed by atoms with van der Waals surface area (Å²) in [6.07, 6.45) is 13.1.